The predicted molar refractivity (Wildman–Crippen MR) is 99.7 cm³/mol. The minimum atomic E-state index is 0.0431. The molecular weight excluding hydrogens is 352 g/mol. The van der Waals surface area contributed by atoms with Crippen LogP contribution in [0.5, 0.6) is 0 Å². The second kappa shape index (κ2) is 6.92. The van der Waals surface area contributed by atoms with Gasteiger partial charge in [-0.1, -0.05) is 11.6 Å². The molecule has 0 N–H and O–H groups in total. The van der Waals surface area contributed by atoms with Gasteiger partial charge in [-0.25, -0.2) is 0 Å². The van der Waals surface area contributed by atoms with E-state index in [0.29, 0.717) is 17.1 Å². The van der Waals surface area contributed by atoms with E-state index in [2.05, 4.69) is 20.2 Å². The number of halogens is 1. The molecule has 1 aliphatic rings. The van der Waals surface area contributed by atoms with Crippen LogP contribution in [0.4, 0.5) is 5.82 Å². The molecule has 8 heteroatoms. The fourth-order valence-corrected chi connectivity index (χ4v) is 3.31. The van der Waals surface area contributed by atoms with Crippen LogP contribution in [0, 0.1) is 6.92 Å². The summed E-state index contributed by atoms with van der Waals surface area (Å²) in [6.07, 6.45) is 0.889. The molecule has 1 fully saturated rings. The third kappa shape index (κ3) is 3.22. The number of fused-ring (bicyclic) bond motifs is 1. The number of carbonyl (C=O) groups excluding carboxylic acids is 1. The lowest BCUT2D eigenvalue weighted by Crippen LogP contribution is -2.35. The predicted octanol–water partition coefficient (Wildman–Crippen LogP) is 2.44. The maximum atomic E-state index is 12.7. The van der Waals surface area contributed by atoms with Crippen molar-refractivity contribution in [2.45, 2.75) is 13.3 Å². The Morgan fingerprint density at radius 2 is 1.81 bits per heavy atom. The molecule has 1 aliphatic heterocycles. The van der Waals surface area contributed by atoms with Gasteiger partial charge in [0.25, 0.3) is 5.91 Å². The fourth-order valence-electron chi connectivity index (χ4n) is 3.18. The van der Waals surface area contributed by atoms with Crippen LogP contribution >= 0.6 is 11.6 Å². The van der Waals surface area contributed by atoms with E-state index >= 15 is 0 Å². The van der Waals surface area contributed by atoms with Crippen molar-refractivity contribution in [3.8, 4) is 0 Å². The van der Waals surface area contributed by atoms with Crippen LogP contribution in [0.1, 0.15) is 22.6 Å². The van der Waals surface area contributed by atoms with E-state index in [0.717, 1.165) is 43.3 Å². The average molecular weight is 371 g/mol. The van der Waals surface area contributed by atoms with E-state index in [1.807, 2.05) is 24.0 Å². The number of aryl methyl sites for hydroxylation is 1. The summed E-state index contributed by atoms with van der Waals surface area (Å²) in [5, 5.41) is 13.4. The normalized spacial score (nSPS) is 15.3. The van der Waals surface area contributed by atoms with Crippen molar-refractivity contribution in [3.63, 3.8) is 0 Å². The summed E-state index contributed by atoms with van der Waals surface area (Å²) in [5.41, 5.74) is 1.41. The number of amides is 1. The van der Waals surface area contributed by atoms with E-state index in [1.165, 1.54) is 0 Å². The topological polar surface area (TPSA) is 66.6 Å². The Morgan fingerprint density at radius 1 is 1.00 bits per heavy atom. The van der Waals surface area contributed by atoms with E-state index in [1.54, 1.807) is 28.8 Å². The summed E-state index contributed by atoms with van der Waals surface area (Å²) in [4.78, 5) is 16.8. The SMILES string of the molecule is Cc1nnc2ccc(N3CCCN(C(=O)c4ccc(Cl)cc4)CC3)nn12. The number of carbonyl (C=O) groups is 1. The molecule has 1 saturated heterocycles. The standard InChI is InChI=1S/C18H19ClN6O/c1-13-20-21-16-7-8-17(22-25(13)16)23-9-2-10-24(12-11-23)18(26)14-3-5-15(19)6-4-14/h3-8H,2,9-12H2,1H3. The molecule has 0 saturated carbocycles. The minimum Gasteiger partial charge on any atom is -0.353 e. The van der Waals surface area contributed by atoms with Gasteiger partial charge in [-0.05, 0) is 49.7 Å². The third-order valence-electron chi connectivity index (χ3n) is 4.60. The summed E-state index contributed by atoms with van der Waals surface area (Å²) < 4.78 is 1.75. The van der Waals surface area contributed by atoms with E-state index in [9.17, 15) is 4.79 Å². The molecular formula is C18H19ClN6O. The van der Waals surface area contributed by atoms with Crippen LogP contribution in [0.25, 0.3) is 5.65 Å². The number of nitrogens with zero attached hydrogens (tertiary/aromatic N) is 6. The molecule has 3 aromatic rings. The molecule has 7 nitrogen and oxygen atoms in total. The van der Waals surface area contributed by atoms with Gasteiger partial charge in [0, 0.05) is 36.8 Å². The van der Waals surface area contributed by atoms with Gasteiger partial charge in [-0.15, -0.1) is 15.3 Å². The van der Waals surface area contributed by atoms with Crippen molar-refractivity contribution < 1.29 is 4.79 Å². The zero-order chi connectivity index (χ0) is 18.1. The zero-order valence-electron chi connectivity index (χ0n) is 14.5. The van der Waals surface area contributed by atoms with Crippen molar-refractivity contribution in [1.29, 1.82) is 0 Å². The zero-order valence-corrected chi connectivity index (χ0v) is 15.2. The summed E-state index contributed by atoms with van der Waals surface area (Å²) in [7, 11) is 0. The van der Waals surface area contributed by atoms with Crippen molar-refractivity contribution in [2.24, 2.45) is 0 Å². The van der Waals surface area contributed by atoms with Crippen molar-refractivity contribution in [2.75, 3.05) is 31.1 Å². The van der Waals surface area contributed by atoms with Crippen molar-refractivity contribution >= 4 is 29.0 Å². The molecule has 0 atom stereocenters. The molecule has 4 rings (SSSR count). The van der Waals surface area contributed by atoms with Gasteiger partial charge in [0.1, 0.15) is 5.82 Å². The van der Waals surface area contributed by atoms with E-state index in [-0.39, 0.29) is 5.91 Å². The van der Waals surface area contributed by atoms with Gasteiger partial charge in [0.15, 0.2) is 11.5 Å². The molecule has 3 heterocycles. The molecule has 0 radical (unpaired) electrons. The first-order chi connectivity index (χ1) is 12.6. The number of aromatic nitrogens is 4. The van der Waals surface area contributed by atoms with E-state index in [4.69, 9.17) is 11.6 Å². The summed E-state index contributed by atoms with van der Waals surface area (Å²) >= 11 is 5.91. The molecule has 0 spiro atoms. The Bertz CT molecular complexity index is 939. The van der Waals surface area contributed by atoms with Crippen LogP contribution in [-0.2, 0) is 0 Å². The van der Waals surface area contributed by atoms with Gasteiger partial charge in [0.2, 0.25) is 0 Å². The largest absolute Gasteiger partial charge is 0.353 e. The highest BCUT2D eigenvalue weighted by Gasteiger charge is 2.21. The first-order valence-corrected chi connectivity index (χ1v) is 8.98. The Hall–Kier alpha value is -2.67. The Morgan fingerprint density at radius 3 is 2.62 bits per heavy atom. The lowest BCUT2D eigenvalue weighted by atomic mass is 10.2. The van der Waals surface area contributed by atoms with Gasteiger partial charge in [0.05, 0.1) is 0 Å². The Labute approximate surface area is 156 Å². The number of hydrogen-bond donors (Lipinski definition) is 0. The van der Waals surface area contributed by atoms with Crippen molar-refractivity contribution in [1.82, 2.24) is 24.7 Å². The minimum absolute atomic E-state index is 0.0431. The second-order valence-corrected chi connectivity index (χ2v) is 6.78. The molecule has 0 bridgehead atoms. The van der Waals surface area contributed by atoms with Crippen molar-refractivity contribution in [3.05, 3.63) is 52.8 Å². The lowest BCUT2D eigenvalue weighted by Gasteiger charge is -2.23. The first kappa shape index (κ1) is 16.8. The molecule has 1 aromatic carbocycles. The maximum absolute atomic E-state index is 12.7. The van der Waals surface area contributed by atoms with Crippen LogP contribution in [-0.4, -0.2) is 56.8 Å². The van der Waals surface area contributed by atoms with Gasteiger partial charge in [-0.2, -0.15) is 4.52 Å². The summed E-state index contributed by atoms with van der Waals surface area (Å²) in [6.45, 7) is 4.85. The maximum Gasteiger partial charge on any atom is 0.253 e. The number of anilines is 1. The third-order valence-corrected chi connectivity index (χ3v) is 4.85. The average Bonchev–Trinajstić information content (AvgIpc) is 2.87. The highest BCUT2D eigenvalue weighted by molar-refractivity contribution is 6.30. The molecule has 26 heavy (non-hydrogen) atoms. The summed E-state index contributed by atoms with van der Waals surface area (Å²) in [6, 6.07) is 10.9. The molecule has 1 amide bonds. The van der Waals surface area contributed by atoms with Crippen LogP contribution < -0.4 is 4.90 Å². The van der Waals surface area contributed by atoms with Crippen LogP contribution in [0.2, 0.25) is 5.02 Å². The van der Waals surface area contributed by atoms with E-state index < -0.39 is 0 Å². The Kier molecular flexibility index (Phi) is 4.46. The lowest BCUT2D eigenvalue weighted by molar-refractivity contribution is 0.0767. The number of benzene rings is 1. The quantitative estimate of drug-likeness (QED) is 0.693. The molecule has 0 unspecified atom stereocenters. The number of rotatable bonds is 2. The van der Waals surface area contributed by atoms with Gasteiger partial charge in [-0.3, -0.25) is 4.79 Å². The first-order valence-electron chi connectivity index (χ1n) is 8.61. The Balaban J connectivity index is 1.49. The van der Waals surface area contributed by atoms with Gasteiger partial charge < -0.3 is 9.80 Å². The molecule has 2 aromatic heterocycles. The number of hydrogen-bond acceptors (Lipinski definition) is 5. The summed E-state index contributed by atoms with van der Waals surface area (Å²) in [5.74, 6) is 1.68. The molecule has 134 valence electrons. The molecule has 0 aliphatic carbocycles. The monoisotopic (exact) mass is 370 g/mol. The highest BCUT2D eigenvalue weighted by Crippen LogP contribution is 2.17. The van der Waals surface area contributed by atoms with Crippen LogP contribution in [0.3, 0.4) is 0 Å². The van der Waals surface area contributed by atoms with Crippen LogP contribution in [0.15, 0.2) is 36.4 Å². The highest BCUT2D eigenvalue weighted by atomic mass is 35.5. The second-order valence-electron chi connectivity index (χ2n) is 6.35. The fraction of sp³-hybridized carbons (Fsp3) is 0.333. The smallest absolute Gasteiger partial charge is 0.253 e. The van der Waals surface area contributed by atoms with Gasteiger partial charge >= 0.3 is 0 Å².